The molecule has 0 aliphatic heterocycles. The minimum atomic E-state index is 0. The maximum Gasteiger partial charge on any atom is 0.134 e. The van der Waals surface area contributed by atoms with Crippen molar-refractivity contribution in [2.45, 2.75) is 26.2 Å². The highest BCUT2D eigenvalue weighted by Crippen LogP contribution is 2.39. The van der Waals surface area contributed by atoms with Gasteiger partial charge in [0.25, 0.3) is 0 Å². The molecule has 1 heterocycles. The van der Waals surface area contributed by atoms with Crippen LogP contribution in [0, 0.1) is 5.92 Å². The number of benzene rings is 2. The first-order valence-electron chi connectivity index (χ1n) is 9.24. The summed E-state index contributed by atoms with van der Waals surface area (Å²) < 4.78 is 2.02. The van der Waals surface area contributed by atoms with Gasteiger partial charge in [0.1, 0.15) is 11.3 Å². The Morgan fingerprint density at radius 3 is 2.59 bits per heavy atom. The van der Waals surface area contributed by atoms with Gasteiger partial charge in [0.15, 0.2) is 0 Å². The summed E-state index contributed by atoms with van der Waals surface area (Å²) in [5.74, 6) is 2.04. The van der Waals surface area contributed by atoms with E-state index in [-0.39, 0.29) is 12.4 Å². The lowest BCUT2D eigenvalue weighted by molar-refractivity contribution is 0.663. The molecule has 0 amide bonds. The van der Waals surface area contributed by atoms with Gasteiger partial charge in [-0.1, -0.05) is 48.3 Å². The van der Waals surface area contributed by atoms with Gasteiger partial charge in [-0.15, -0.1) is 12.4 Å². The van der Waals surface area contributed by atoms with Gasteiger partial charge in [-0.2, -0.15) is 5.10 Å². The zero-order valence-corrected chi connectivity index (χ0v) is 17.9. The fourth-order valence-corrected chi connectivity index (χ4v) is 4.18. The first-order valence-corrected chi connectivity index (χ1v) is 10.00. The quantitative estimate of drug-likeness (QED) is 0.444. The van der Waals surface area contributed by atoms with Crippen LogP contribution in [0.3, 0.4) is 0 Å². The molecule has 1 aromatic heterocycles. The highest BCUT2D eigenvalue weighted by atomic mass is 35.5. The summed E-state index contributed by atoms with van der Waals surface area (Å²) in [6.45, 7) is 4.41. The Kier molecular flexibility index (Phi) is 6.25. The average molecular weight is 425 g/mol. The molecule has 0 saturated heterocycles. The third kappa shape index (κ3) is 4.06. The number of rotatable bonds is 6. The zero-order valence-electron chi connectivity index (χ0n) is 15.6. The predicted molar refractivity (Wildman–Crippen MR) is 119 cm³/mol. The Balaban J connectivity index is 0.00000210. The molecule has 1 saturated carbocycles. The van der Waals surface area contributed by atoms with Crippen LogP contribution in [0.2, 0.25) is 10.0 Å². The van der Waals surface area contributed by atoms with E-state index in [2.05, 4.69) is 30.0 Å². The second kappa shape index (κ2) is 8.30. The van der Waals surface area contributed by atoms with Gasteiger partial charge in [0, 0.05) is 46.7 Å². The summed E-state index contributed by atoms with van der Waals surface area (Å²) >= 11 is 12.5. The molecule has 3 aromatic rings. The van der Waals surface area contributed by atoms with Gasteiger partial charge in [0.05, 0.1) is 0 Å². The normalized spacial score (nSPS) is 13.6. The number of aryl methyl sites for hydroxylation is 1. The lowest BCUT2D eigenvalue weighted by Gasteiger charge is -2.24. The molecule has 6 heteroatoms. The minimum Gasteiger partial charge on any atom is -0.356 e. The molecule has 1 fully saturated rings. The van der Waals surface area contributed by atoms with E-state index in [1.54, 1.807) is 6.07 Å². The van der Waals surface area contributed by atoms with E-state index in [1.165, 1.54) is 24.0 Å². The van der Waals surface area contributed by atoms with Crippen molar-refractivity contribution in [3.63, 3.8) is 0 Å². The van der Waals surface area contributed by atoms with E-state index in [9.17, 15) is 0 Å². The van der Waals surface area contributed by atoms with Crippen LogP contribution in [0.4, 0.5) is 5.82 Å². The topological polar surface area (TPSA) is 21.1 Å². The molecule has 144 valence electrons. The van der Waals surface area contributed by atoms with Crippen LogP contribution in [0.15, 0.2) is 36.4 Å². The molecule has 0 spiro atoms. The van der Waals surface area contributed by atoms with Crippen LogP contribution in [0.25, 0.3) is 22.0 Å². The smallest absolute Gasteiger partial charge is 0.134 e. The fourth-order valence-electron chi connectivity index (χ4n) is 3.67. The summed E-state index contributed by atoms with van der Waals surface area (Å²) in [6, 6.07) is 12.0. The van der Waals surface area contributed by atoms with E-state index in [1.807, 2.05) is 23.9 Å². The van der Waals surface area contributed by atoms with Crippen LogP contribution < -0.4 is 4.90 Å². The van der Waals surface area contributed by atoms with Crippen LogP contribution in [0.5, 0.6) is 0 Å². The van der Waals surface area contributed by atoms with E-state index < -0.39 is 0 Å². The number of nitrogens with zero attached hydrogens (tertiary/aromatic N) is 3. The van der Waals surface area contributed by atoms with E-state index in [4.69, 9.17) is 28.3 Å². The molecular formula is C21H24Cl3N3. The van der Waals surface area contributed by atoms with E-state index in [0.29, 0.717) is 10.0 Å². The Hall–Kier alpha value is -1.42. The van der Waals surface area contributed by atoms with Crippen molar-refractivity contribution in [1.29, 1.82) is 0 Å². The molecule has 0 radical (unpaired) electrons. The first-order chi connectivity index (χ1) is 12.6. The fraction of sp³-hybridized carbons (Fsp3) is 0.381. The van der Waals surface area contributed by atoms with Crippen molar-refractivity contribution in [3.8, 4) is 11.1 Å². The molecule has 0 N–H and O–H groups in total. The molecule has 0 bridgehead atoms. The molecule has 2 aromatic carbocycles. The minimum absolute atomic E-state index is 0. The Morgan fingerprint density at radius 2 is 1.93 bits per heavy atom. The summed E-state index contributed by atoms with van der Waals surface area (Å²) in [5.41, 5.74) is 3.01. The first kappa shape index (κ1) is 20.3. The summed E-state index contributed by atoms with van der Waals surface area (Å²) in [7, 11) is 2.04. The van der Waals surface area contributed by atoms with E-state index in [0.717, 1.165) is 42.1 Å². The number of hydrogen-bond acceptors (Lipinski definition) is 2. The van der Waals surface area contributed by atoms with Crippen molar-refractivity contribution in [2.75, 3.05) is 18.0 Å². The number of fused-ring (bicyclic) bond motifs is 1. The van der Waals surface area contributed by atoms with Gasteiger partial charge < -0.3 is 4.90 Å². The molecule has 0 unspecified atom stereocenters. The summed E-state index contributed by atoms with van der Waals surface area (Å²) in [6.07, 6.45) is 3.82. The van der Waals surface area contributed by atoms with Crippen LogP contribution in [0.1, 0.15) is 26.2 Å². The number of aromatic nitrogens is 2. The van der Waals surface area contributed by atoms with Crippen LogP contribution in [-0.2, 0) is 7.05 Å². The SMILES string of the molecule is CCCN(CC1CC1)c1c2cccc(-c3ccc(Cl)cc3Cl)c2nn1C.Cl. The summed E-state index contributed by atoms with van der Waals surface area (Å²) in [5, 5.41) is 7.35. The predicted octanol–water partition coefficient (Wildman–Crippen LogP) is 6.60. The van der Waals surface area contributed by atoms with Crippen molar-refractivity contribution in [3.05, 3.63) is 46.4 Å². The average Bonchev–Trinajstić information content (AvgIpc) is 3.34. The van der Waals surface area contributed by atoms with Gasteiger partial charge in [-0.25, -0.2) is 0 Å². The van der Waals surface area contributed by atoms with Crippen LogP contribution >= 0.6 is 35.6 Å². The highest BCUT2D eigenvalue weighted by molar-refractivity contribution is 6.36. The van der Waals surface area contributed by atoms with Gasteiger partial charge in [-0.3, -0.25) is 4.68 Å². The molecule has 0 atom stereocenters. The van der Waals surface area contributed by atoms with Crippen molar-refractivity contribution in [1.82, 2.24) is 9.78 Å². The Labute approximate surface area is 176 Å². The Morgan fingerprint density at radius 1 is 1.15 bits per heavy atom. The third-order valence-corrected chi connectivity index (χ3v) is 5.57. The molecule has 1 aliphatic rings. The molecular weight excluding hydrogens is 401 g/mol. The second-order valence-corrected chi connectivity index (χ2v) is 8.01. The van der Waals surface area contributed by atoms with Crippen molar-refractivity contribution in [2.24, 2.45) is 13.0 Å². The summed E-state index contributed by atoms with van der Waals surface area (Å²) in [4.78, 5) is 2.50. The number of hydrogen-bond donors (Lipinski definition) is 0. The monoisotopic (exact) mass is 423 g/mol. The molecule has 4 rings (SSSR count). The number of halogens is 3. The van der Waals surface area contributed by atoms with Gasteiger partial charge in [0.2, 0.25) is 0 Å². The van der Waals surface area contributed by atoms with Gasteiger partial charge in [-0.05, 0) is 43.4 Å². The van der Waals surface area contributed by atoms with Crippen LogP contribution in [-0.4, -0.2) is 22.9 Å². The van der Waals surface area contributed by atoms with Crippen molar-refractivity contribution >= 4 is 52.3 Å². The molecule has 27 heavy (non-hydrogen) atoms. The Bertz CT molecular complexity index is 947. The maximum absolute atomic E-state index is 6.47. The second-order valence-electron chi connectivity index (χ2n) is 7.16. The third-order valence-electron chi connectivity index (χ3n) is 5.02. The highest BCUT2D eigenvalue weighted by Gasteiger charge is 2.27. The van der Waals surface area contributed by atoms with E-state index >= 15 is 0 Å². The zero-order chi connectivity index (χ0) is 18.3. The molecule has 1 aliphatic carbocycles. The standard InChI is InChI=1S/C21H23Cl2N3.ClH/c1-3-11-26(13-14-7-8-14)21-18-6-4-5-17(20(18)24-25(21)2)16-10-9-15(22)12-19(16)23;/h4-6,9-10,12,14H,3,7-8,11,13H2,1-2H3;1H. The van der Waals surface area contributed by atoms with Gasteiger partial charge >= 0.3 is 0 Å². The molecule has 3 nitrogen and oxygen atoms in total. The lowest BCUT2D eigenvalue weighted by Crippen LogP contribution is -2.28. The van der Waals surface area contributed by atoms with Crippen molar-refractivity contribution < 1.29 is 0 Å². The largest absolute Gasteiger partial charge is 0.356 e. The lowest BCUT2D eigenvalue weighted by atomic mass is 10.0. The number of anilines is 1. The maximum atomic E-state index is 6.47.